The zero-order valence-corrected chi connectivity index (χ0v) is 11.4. The highest BCUT2D eigenvalue weighted by Crippen LogP contribution is 2.32. The van der Waals surface area contributed by atoms with Crippen molar-refractivity contribution in [3.63, 3.8) is 0 Å². The Morgan fingerprint density at radius 2 is 2.20 bits per heavy atom. The molecule has 1 aliphatic heterocycles. The summed E-state index contributed by atoms with van der Waals surface area (Å²) in [7, 11) is 0. The van der Waals surface area contributed by atoms with Gasteiger partial charge in [-0.3, -0.25) is 4.79 Å². The number of hydrogen-bond donors (Lipinski definition) is 2. The van der Waals surface area contributed by atoms with Crippen LogP contribution in [0.3, 0.4) is 0 Å². The van der Waals surface area contributed by atoms with Gasteiger partial charge in [0.05, 0.1) is 36.2 Å². The van der Waals surface area contributed by atoms with Crippen LogP contribution in [0, 0.1) is 0 Å². The van der Waals surface area contributed by atoms with Crippen LogP contribution in [-0.2, 0) is 4.74 Å². The number of morpholine rings is 1. The van der Waals surface area contributed by atoms with Crippen molar-refractivity contribution in [2.24, 2.45) is 5.73 Å². The Morgan fingerprint density at radius 1 is 1.40 bits per heavy atom. The summed E-state index contributed by atoms with van der Waals surface area (Å²) in [5.74, 6) is 0.158. The molecule has 0 bridgehead atoms. The van der Waals surface area contributed by atoms with Crippen LogP contribution < -0.4 is 16.4 Å². The molecule has 108 valence electrons. The minimum Gasteiger partial charge on any atom is -0.397 e. The predicted octanol–water partition coefficient (Wildman–Crippen LogP) is 0.910. The van der Waals surface area contributed by atoms with Crippen LogP contribution in [0.2, 0.25) is 0 Å². The van der Waals surface area contributed by atoms with Crippen LogP contribution in [0.25, 0.3) is 0 Å². The van der Waals surface area contributed by atoms with Gasteiger partial charge in [-0.15, -0.1) is 0 Å². The normalized spacial score (nSPS) is 26.1. The second-order valence-corrected chi connectivity index (χ2v) is 5.46. The first kappa shape index (κ1) is 13.2. The van der Waals surface area contributed by atoms with E-state index in [0.29, 0.717) is 23.7 Å². The van der Waals surface area contributed by atoms with Gasteiger partial charge in [-0.2, -0.15) is 0 Å². The second kappa shape index (κ2) is 5.28. The number of ether oxygens (including phenoxy) is 1. The Morgan fingerprint density at radius 3 is 3.00 bits per heavy atom. The number of carbonyl (C=O) groups is 1. The van der Waals surface area contributed by atoms with Crippen LogP contribution >= 0.6 is 0 Å². The first-order chi connectivity index (χ1) is 9.66. The van der Waals surface area contributed by atoms with E-state index in [-0.39, 0.29) is 12.1 Å². The van der Waals surface area contributed by atoms with E-state index in [1.807, 2.05) is 0 Å². The molecule has 1 saturated carbocycles. The van der Waals surface area contributed by atoms with E-state index in [2.05, 4.69) is 9.88 Å². The Bertz CT molecular complexity index is 518. The number of fused-ring (bicyclic) bond motifs is 1. The lowest BCUT2D eigenvalue weighted by Crippen LogP contribution is -2.53. The summed E-state index contributed by atoms with van der Waals surface area (Å²) in [6, 6.07) is 1.89. The topological polar surface area (TPSA) is 94.5 Å². The van der Waals surface area contributed by atoms with Crippen molar-refractivity contribution < 1.29 is 9.53 Å². The molecule has 2 atom stereocenters. The van der Waals surface area contributed by atoms with Gasteiger partial charge >= 0.3 is 0 Å². The van der Waals surface area contributed by atoms with Crippen LogP contribution in [0.15, 0.2) is 12.3 Å². The van der Waals surface area contributed by atoms with Crippen molar-refractivity contribution in [2.45, 2.75) is 37.8 Å². The number of nitrogen functional groups attached to an aromatic ring is 1. The molecule has 1 aromatic rings. The van der Waals surface area contributed by atoms with Crippen molar-refractivity contribution >= 4 is 17.4 Å². The molecule has 6 nitrogen and oxygen atoms in total. The highest BCUT2D eigenvalue weighted by Gasteiger charge is 2.36. The molecular weight excluding hydrogens is 256 g/mol. The fourth-order valence-corrected chi connectivity index (χ4v) is 3.24. The predicted molar refractivity (Wildman–Crippen MR) is 76.5 cm³/mol. The maximum absolute atomic E-state index is 11.6. The standard InChI is InChI=1S/C14H20N4O2/c15-9-7-10(13(16)19)14(17-8-9)18-5-6-20-12-4-2-1-3-11(12)18/h7-8,11-12H,1-6,15H2,(H2,16,19). The number of nitrogens with zero attached hydrogens (tertiary/aromatic N) is 2. The molecule has 1 saturated heterocycles. The van der Waals surface area contributed by atoms with E-state index in [9.17, 15) is 4.79 Å². The fraction of sp³-hybridized carbons (Fsp3) is 0.571. The average molecular weight is 276 g/mol. The number of nitrogens with two attached hydrogens (primary N) is 2. The summed E-state index contributed by atoms with van der Waals surface area (Å²) >= 11 is 0. The van der Waals surface area contributed by atoms with Gasteiger partial charge in [0.15, 0.2) is 0 Å². The van der Waals surface area contributed by atoms with Crippen molar-refractivity contribution in [1.82, 2.24) is 4.98 Å². The number of anilines is 2. The molecule has 20 heavy (non-hydrogen) atoms. The van der Waals surface area contributed by atoms with Gasteiger partial charge in [-0.25, -0.2) is 4.98 Å². The van der Waals surface area contributed by atoms with E-state index in [0.717, 1.165) is 19.4 Å². The Balaban J connectivity index is 1.96. The number of amides is 1. The van der Waals surface area contributed by atoms with Crippen LogP contribution in [0.4, 0.5) is 11.5 Å². The zero-order chi connectivity index (χ0) is 14.1. The van der Waals surface area contributed by atoms with Crippen molar-refractivity contribution in [2.75, 3.05) is 23.8 Å². The monoisotopic (exact) mass is 276 g/mol. The number of carbonyl (C=O) groups excluding carboxylic acids is 1. The average Bonchev–Trinajstić information content (AvgIpc) is 2.46. The molecule has 1 amide bonds. The molecule has 6 heteroatoms. The van der Waals surface area contributed by atoms with E-state index < -0.39 is 5.91 Å². The van der Waals surface area contributed by atoms with Gasteiger partial charge in [-0.05, 0) is 18.9 Å². The fourth-order valence-electron chi connectivity index (χ4n) is 3.24. The summed E-state index contributed by atoms with van der Waals surface area (Å²) in [5.41, 5.74) is 12.0. The van der Waals surface area contributed by atoms with E-state index >= 15 is 0 Å². The molecular formula is C14H20N4O2. The SMILES string of the molecule is NC(=O)c1cc(N)cnc1N1CCOC2CCCCC21. The Labute approximate surface area is 118 Å². The molecule has 1 aliphatic carbocycles. The molecule has 2 fully saturated rings. The smallest absolute Gasteiger partial charge is 0.252 e. The van der Waals surface area contributed by atoms with Gasteiger partial charge in [0, 0.05) is 6.54 Å². The van der Waals surface area contributed by atoms with Crippen LogP contribution in [0.5, 0.6) is 0 Å². The van der Waals surface area contributed by atoms with Gasteiger partial charge in [0.2, 0.25) is 0 Å². The number of rotatable bonds is 2. The zero-order valence-electron chi connectivity index (χ0n) is 11.4. The van der Waals surface area contributed by atoms with Gasteiger partial charge in [0.1, 0.15) is 5.82 Å². The third-order valence-corrected chi connectivity index (χ3v) is 4.16. The Hall–Kier alpha value is -1.82. The van der Waals surface area contributed by atoms with Crippen LogP contribution in [-0.4, -0.2) is 36.2 Å². The summed E-state index contributed by atoms with van der Waals surface area (Å²) < 4.78 is 5.85. The number of primary amides is 1. The molecule has 2 unspecified atom stereocenters. The quantitative estimate of drug-likeness (QED) is 0.837. The third-order valence-electron chi connectivity index (χ3n) is 4.16. The summed E-state index contributed by atoms with van der Waals surface area (Å²) in [4.78, 5) is 18.2. The molecule has 3 rings (SSSR count). The van der Waals surface area contributed by atoms with E-state index in [1.165, 1.54) is 12.8 Å². The maximum atomic E-state index is 11.6. The number of pyridine rings is 1. The van der Waals surface area contributed by atoms with E-state index in [4.69, 9.17) is 16.2 Å². The summed E-state index contributed by atoms with van der Waals surface area (Å²) in [5, 5.41) is 0. The minimum atomic E-state index is -0.487. The molecule has 0 spiro atoms. The summed E-state index contributed by atoms with van der Waals surface area (Å²) in [6.45, 7) is 1.39. The minimum absolute atomic E-state index is 0.234. The highest BCUT2D eigenvalue weighted by molar-refractivity contribution is 5.98. The third kappa shape index (κ3) is 2.31. The van der Waals surface area contributed by atoms with Crippen molar-refractivity contribution in [3.05, 3.63) is 17.8 Å². The molecule has 2 heterocycles. The largest absolute Gasteiger partial charge is 0.397 e. The number of aromatic nitrogens is 1. The lowest BCUT2D eigenvalue weighted by atomic mass is 9.90. The highest BCUT2D eigenvalue weighted by atomic mass is 16.5. The Kier molecular flexibility index (Phi) is 3.48. The molecule has 2 aliphatic rings. The maximum Gasteiger partial charge on any atom is 0.252 e. The van der Waals surface area contributed by atoms with Gasteiger partial charge in [0.25, 0.3) is 5.91 Å². The molecule has 0 radical (unpaired) electrons. The second-order valence-electron chi connectivity index (χ2n) is 5.46. The molecule has 1 aromatic heterocycles. The van der Waals surface area contributed by atoms with Crippen molar-refractivity contribution in [3.8, 4) is 0 Å². The van der Waals surface area contributed by atoms with Gasteiger partial charge < -0.3 is 21.1 Å². The molecule has 4 N–H and O–H groups in total. The van der Waals surface area contributed by atoms with Gasteiger partial charge in [-0.1, -0.05) is 12.8 Å². The first-order valence-electron chi connectivity index (χ1n) is 7.10. The van der Waals surface area contributed by atoms with Crippen LogP contribution in [0.1, 0.15) is 36.0 Å². The number of hydrogen-bond acceptors (Lipinski definition) is 5. The van der Waals surface area contributed by atoms with E-state index in [1.54, 1.807) is 12.3 Å². The first-order valence-corrected chi connectivity index (χ1v) is 7.10. The lowest BCUT2D eigenvalue weighted by Gasteiger charge is -2.44. The summed E-state index contributed by atoms with van der Waals surface area (Å²) in [6.07, 6.45) is 6.33. The molecule has 0 aromatic carbocycles. The lowest BCUT2D eigenvalue weighted by molar-refractivity contribution is -0.00904. The van der Waals surface area contributed by atoms with Crippen molar-refractivity contribution in [1.29, 1.82) is 0 Å².